The zero-order chi connectivity index (χ0) is 35.8. The fraction of sp³-hybridized carbons (Fsp3) is 0.245. The van der Waals surface area contributed by atoms with Gasteiger partial charge in [-0.25, -0.2) is 0 Å². The lowest BCUT2D eigenvalue weighted by Crippen LogP contribution is -2.55. The van der Waals surface area contributed by atoms with E-state index in [-0.39, 0.29) is 10.8 Å². The molecule has 7 aromatic carbocycles. The highest BCUT2D eigenvalue weighted by Crippen LogP contribution is 2.70. The van der Waals surface area contributed by atoms with E-state index in [1.165, 1.54) is 104 Å². The first-order valence-electron chi connectivity index (χ1n) is 20.4. The van der Waals surface area contributed by atoms with Crippen molar-refractivity contribution < 1.29 is 0 Å². The summed E-state index contributed by atoms with van der Waals surface area (Å²) in [6, 6.07) is 58.1. The topological polar surface area (TPSA) is 3.24 Å². The van der Waals surface area contributed by atoms with E-state index in [2.05, 4.69) is 170 Å². The van der Waals surface area contributed by atoms with Crippen molar-refractivity contribution in [3.63, 3.8) is 0 Å². The quantitative estimate of drug-likeness (QED) is 0.177. The molecule has 262 valence electrons. The van der Waals surface area contributed by atoms with E-state index in [1.807, 2.05) is 0 Å². The first kappa shape index (κ1) is 31.0. The minimum Gasteiger partial charge on any atom is -0.310 e. The van der Waals surface area contributed by atoms with Crippen molar-refractivity contribution in [2.24, 2.45) is 23.7 Å². The van der Waals surface area contributed by atoms with Gasteiger partial charge in [-0.2, -0.15) is 0 Å². The Labute approximate surface area is 319 Å². The molecule has 1 nitrogen and oxygen atoms in total. The number of hydrogen-bond donors (Lipinski definition) is 0. The van der Waals surface area contributed by atoms with Gasteiger partial charge in [-0.3, -0.25) is 0 Å². The molecular formula is C53H45N. The molecule has 0 atom stereocenters. The second-order valence-electron chi connectivity index (χ2n) is 17.8. The zero-order valence-electron chi connectivity index (χ0n) is 31.2. The van der Waals surface area contributed by atoms with Crippen LogP contribution in [-0.2, 0) is 10.8 Å². The van der Waals surface area contributed by atoms with Gasteiger partial charge in [0.2, 0.25) is 0 Å². The zero-order valence-corrected chi connectivity index (χ0v) is 31.2. The Kier molecular flexibility index (Phi) is 6.36. The SMILES string of the molecule is CC1(C)c2ccccc2-c2c(N(c3ccc4c(c3)-c3cc(-c5ccccc5)ccc3C43C4CC5CC(C4)CC3C5)c3ccc4ccccc4c3)cccc21. The molecule has 0 radical (unpaired) electrons. The second-order valence-corrected chi connectivity index (χ2v) is 17.8. The molecule has 0 N–H and O–H groups in total. The molecule has 7 aromatic rings. The lowest BCUT2D eigenvalue weighted by molar-refractivity contribution is -0.0399. The first-order chi connectivity index (χ1) is 26.5. The minimum absolute atomic E-state index is 0.0758. The van der Waals surface area contributed by atoms with Gasteiger partial charge in [-0.15, -0.1) is 0 Å². The standard InChI is InChI=1S/C53H45N/c1-52(2)46-16-9-8-15-43(46)51-49(52)17-10-18-50(51)54(41-21-19-36-13-6-7-14-37(36)30-41)42-22-24-48-45(32-42)44-31-38(35-11-4-3-5-12-35)20-23-47(44)53(48)39-26-33-25-34(28-39)29-40(53)27-33/h3-24,30-34,39-40H,25-29H2,1-2H3. The fourth-order valence-corrected chi connectivity index (χ4v) is 12.8. The monoisotopic (exact) mass is 695 g/mol. The van der Waals surface area contributed by atoms with Gasteiger partial charge in [0.05, 0.1) is 5.69 Å². The Morgan fingerprint density at radius 3 is 1.87 bits per heavy atom. The van der Waals surface area contributed by atoms with E-state index in [9.17, 15) is 0 Å². The predicted molar refractivity (Wildman–Crippen MR) is 225 cm³/mol. The molecule has 0 saturated heterocycles. The Morgan fingerprint density at radius 2 is 1.07 bits per heavy atom. The number of benzene rings is 7. The van der Waals surface area contributed by atoms with Crippen LogP contribution in [0.2, 0.25) is 0 Å². The van der Waals surface area contributed by atoms with Crippen LogP contribution in [0.15, 0.2) is 152 Å². The van der Waals surface area contributed by atoms with Crippen molar-refractivity contribution in [3.8, 4) is 33.4 Å². The van der Waals surface area contributed by atoms with Crippen molar-refractivity contribution in [3.05, 3.63) is 174 Å². The van der Waals surface area contributed by atoms with Gasteiger partial charge in [0, 0.05) is 27.8 Å². The molecule has 6 aliphatic carbocycles. The molecule has 0 heterocycles. The van der Waals surface area contributed by atoms with Gasteiger partial charge < -0.3 is 4.90 Å². The molecule has 1 heteroatoms. The van der Waals surface area contributed by atoms with Crippen molar-refractivity contribution in [2.75, 3.05) is 4.90 Å². The van der Waals surface area contributed by atoms with Gasteiger partial charge in [-0.05, 0) is 153 Å². The van der Waals surface area contributed by atoms with E-state index < -0.39 is 0 Å². The van der Waals surface area contributed by atoms with E-state index in [1.54, 1.807) is 11.1 Å². The summed E-state index contributed by atoms with van der Waals surface area (Å²) in [6.07, 6.45) is 7.03. The van der Waals surface area contributed by atoms with Crippen LogP contribution in [0.3, 0.4) is 0 Å². The highest BCUT2D eigenvalue weighted by Gasteiger charge is 2.61. The molecule has 1 spiro atoms. The summed E-state index contributed by atoms with van der Waals surface area (Å²) in [6.45, 7) is 4.78. The van der Waals surface area contributed by atoms with Crippen molar-refractivity contribution in [2.45, 2.75) is 56.8 Å². The molecule has 4 fully saturated rings. The number of hydrogen-bond acceptors (Lipinski definition) is 1. The summed E-state index contributed by atoms with van der Waals surface area (Å²) in [5.74, 6) is 3.30. The summed E-state index contributed by atoms with van der Waals surface area (Å²) < 4.78 is 0. The second kappa shape index (κ2) is 11.1. The lowest BCUT2D eigenvalue weighted by Gasteiger charge is -2.61. The number of rotatable bonds is 4. The Morgan fingerprint density at radius 1 is 0.444 bits per heavy atom. The molecule has 0 aromatic heterocycles. The maximum atomic E-state index is 2.59. The molecule has 13 rings (SSSR count). The van der Waals surface area contributed by atoms with Crippen LogP contribution < -0.4 is 4.90 Å². The smallest absolute Gasteiger partial charge is 0.0543 e. The highest BCUT2D eigenvalue weighted by molar-refractivity contribution is 5.98. The molecular weight excluding hydrogens is 651 g/mol. The summed E-state index contributed by atoms with van der Waals surface area (Å²) in [5, 5.41) is 2.53. The lowest BCUT2D eigenvalue weighted by atomic mass is 9.43. The van der Waals surface area contributed by atoms with E-state index >= 15 is 0 Å². The molecule has 4 saturated carbocycles. The van der Waals surface area contributed by atoms with Crippen molar-refractivity contribution in [1.82, 2.24) is 0 Å². The fourth-order valence-electron chi connectivity index (χ4n) is 12.8. The maximum absolute atomic E-state index is 2.59. The number of nitrogens with zero attached hydrogens (tertiary/aromatic N) is 1. The van der Waals surface area contributed by atoms with E-state index in [0.29, 0.717) is 0 Å². The van der Waals surface area contributed by atoms with Gasteiger partial charge in [-0.1, -0.05) is 129 Å². The molecule has 0 unspecified atom stereocenters. The van der Waals surface area contributed by atoms with Gasteiger partial charge in [0.25, 0.3) is 0 Å². The average Bonchev–Trinajstić information content (AvgIpc) is 3.62. The molecule has 0 amide bonds. The van der Waals surface area contributed by atoms with Crippen LogP contribution >= 0.6 is 0 Å². The summed E-state index contributed by atoms with van der Waals surface area (Å²) in [4.78, 5) is 2.58. The molecule has 4 bridgehead atoms. The molecule has 0 aliphatic heterocycles. The Hall–Kier alpha value is -5.40. The number of anilines is 3. The van der Waals surface area contributed by atoms with Crippen LogP contribution in [0.4, 0.5) is 17.1 Å². The average molecular weight is 696 g/mol. The third kappa shape index (κ3) is 4.11. The van der Waals surface area contributed by atoms with Crippen molar-refractivity contribution >= 4 is 27.8 Å². The summed E-state index contributed by atoms with van der Waals surface area (Å²) in [7, 11) is 0. The largest absolute Gasteiger partial charge is 0.310 e. The number of fused-ring (bicyclic) bond motifs is 7. The van der Waals surface area contributed by atoms with Gasteiger partial charge in [0.15, 0.2) is 0 Å². The van der Waals surface area contributed by atoms with Crippen LogP contribution in [-0.4, -0.2) is 0 Å². The van der Waals surface area contributed by atoms with Crippen LogP contribution in [0.5, 0.6) is 0 Å². The normalized spacial score (nSPS) is 24.7. The van der Waals surface area contributed by atoms with Gasteiger partial charge in [0.1, 0.15) is 0 Å². The van der Waals surface area contributed by atoms with Crippen molar-refractivity contribution in [1.29, 1.82) is 0 Å². The third-order valence-electron chi connectivity index (χ3n) is 14.8. The first-order valence-corrected chi connectivity index (χ1v) is 20.4. The Balaban J connectivity index is 1.12. The van der Waals surface area contributed by atoms with E-state index in [4.69, 9.17) is 0 Å². The third-order valence-corrected chi connectivity index (χ3v) is 14.8. The molecule has 6 aliphatic rings. The van der Waals surface area contributed by atoms with Crippen LogP contribution in [0.1, 0.15) is 68.2 Å². The summed E-state index contributed by atoms with van der Waals surface area (Å²) in [5.41, 5.74) is 18.0. The summed E-state index contributed by atoms with van der Waals surface area (Å²) >= 11 is 0. The van der Waals surface area contributed by atoms with Gasteiger partial charge >= 0.3 is 0 Å². The van der Waals surface area contributed by atoms with E-state index in [0.717, 1.165) is 23.7 Å². The Bertz CT molecular complexity index is 2630. The van der Waals surface area contributed by atoms with Crippen LogP contribution in [0, 0.1) is 23.7 Å². The predicted octanol–water partition coefficient (Wildman–Crippen LogP) is 14.0. The molecule has 54 heavy (non-hydrogen) atoms. The van der Waals surface area contributed by atoms with Crippen LogP contribution in [0.25, 0.3) is 44.2 Å². The maximum Gasteiger partial charge on any atom is 0.0543 e. The highest BCUT2D eigenvalue weighted by atomic mass is 15.1. The minimum atomic E-state index is -0.0758.